The average molecular weight is 139 g/mol. The predicted molar refractivity (Wildman–Crippen MR) is 38.1 cm³/mol. The van der Waals surface area contributed by atoms with Crippen molar-refractivity contribution in [3.8, 4) is 0 Å². The van der Waals surface area contributed by atoms with Gasteiger partial charge in [-0.2, -0.15) is 0 Å². The summed E-state index contributed by atoms with van der Waals surface area (Å²) in [4.78, 5) is 9.92. The first-order chi connectivity index (χ1) is 4.74. The summed E-state index contributed by atoms with van der Waals surface area (Å²) in [6, 6.07) is 1.88. The molecule has 1 aromatic heterocycles. The van der Waals surface area contributed by atoms with Crippen molar-refractivity contribution >= 4 is 5.82 Å². The quantitative estimate of drug-likeness (QED) is 0.587. The molecule has 0 aliphatic heterocycles. The Hall–Kier alpha value is -1.19. The summed E-state index contributed by atoms with van der Waals surface area (Å²) >= 11 is 0. The molecule has 0 saturated carbocycles. The summed E-state index contributed by atoms with van der Waals surface area (Å²) in [6.45, 7) is 3.98. The van der Waals surface area contributed by atoms with Gasteiger partial charge in [-0.05, 0) is 19.0 Å². The zero-order chi connectivity index (χ0) is 7.56. The van der Waals surface area contributed by atoms with Gasteiger partial charge in [-0.3, -0.25) is 4.68 Å². The van der Waals surface area contributed by atoms with Crippen molar-refractivity contribution in [2.75, 3.05) is 0 Å². The van der Waals surface area contributed by atoms with Crippen molar-refractivity contribution in [1.29, 1.82) is 0 Å². The van der Waals surface area contributed by atoms with Gasteiger partial charge in [0, 0.05) is 18.3 Å². The van der Waals surface area contributed by atoms with E-state index in [1.165, 1.54) is 0 Å². The molecule has 0 aromatic carbocycles. The fourth-order valence-corrected chi connectivity index (χ4v) is 0.664. The molecule has 0 atom stereocenters. The van der Waals surface area contributed by atoms with Crippen molar-refractivity contribution in [3.63, 3.8) is 0 Å². The molecule has 1 rings (SSSR count). The lowest BCUT2D eigenvalue weighted by Crippen LogP contribution is -1.99. The molecule has 0 aliphatic rings. The predicted octanol–water partition coefficient (Wildman–Crippen LogP) is 1.86. The van der Waals surface area contributed by atoms with Gasteiger partial charge in [0.25, 0.3) is 0 Å². The molecule has 1 heterocycles. The van der Waals surface area contributed by atoms with Gasteiger partial charge in [-0.25, -0.2) is 0 Å². The first-order valence-electron chi connectivity index (χ1n) is 3.12. The lowest BCUT2D eigenvalue weighted by atomic mass is 10.4. The van der Waals surface area contributed by atoms with Crippen LogP contribution in [0.2, 0.25) is 0 Å². The Kier molecular flexibility index (Phi) is 1.80. The Balaban J connectivity index is 2.88. The molecular formula is C6H9N3O. The summed E-state index contributed by atoms with van der Waals surface area (Å²) in [7, 11) is 0. The normalized spacial score (nSPS) is 10.3. The topological polar surface area (TPSA) is 47.2 Å². The average Bonchev–Trinajstić information content (AvgIpc) is 2.34. The van der Waals surface area contributed by atoms with E-state index in [2.05, 4.69) is 10.3 Å². The molecule has 54 valence electrons. The summed E-state index contributed by atoms with van der Waals surface area (Å²) in [5.74, 6) is 0.244. The van der Waals surface area contributed by atoms with Crippen LogP contribution in [0.15, 0.2) is 17.4 Å². The van der Waals surface area contributed by atoms with Crippen molar-refractivity contribution < 1.29 is 0 Å². The number of hydrogen-bond donors (Lipinski definition) is 0. The number of nitroso groups, excluding NO2 is 1. The maximum absolute atomic E-state index is 9.92. The monoisotopic (exact) mass is 139 g/mol. The van der Waals surface area contributed by atoms with Crippen molar-refractivity contribution in [1.82, 2.24) is 9.78 Å². The van der Waals surface area contributed by atoms with Gasteiger partial charge >= 0.3 is 0 Å². The third kappa shape index (κ3) is 1.21. The van der Waals surface area contributed by atoms with Crippen molar-refractivity contribution in [3.05, 3.63) is 17.2 Å². The lowest BCUT2D eigenvalue weighted by molar-refractivity contribution is 0.533. The highest BCUT2D eigenvalue weighted by Gasteiger charge is 1.99. The van der Waals surface area contributed by atoms with Gasteiger partial charge in [0.2, 0.25) is 5.82 Å². The molecule has 0 amide bonds. The summed E-state index contributed by atoms with van der Waals surface area (Å²) in [5, 5.41) is 6.56. The minimum Gasteiger partial charge on any atom is -0.268 e. The van der Waals surface area contributed by atoms with Crippen LogP contribution in [-0.4, -0.2) is 9.78 Å². The third-order valence-electron chi connectivity index (χ3n) is 1.22. The standard InChI is InChI=1S/C6H9N3O/c1-5(2)9-4-3-6(7-9)8-10/h3-5H,1-2H3. The molecule has 0 fully saturated rings. The van der Waals surface area contributed by atoms with Crippen LogP contribution in [0.4, 0.5) is 5.82 Å². The van der Waals surface area contributed by atoms with Crippen LogP contribution >= 0.6 is 0 Å². The van der Waals surface area contributed by atoms with Crippen LogP contribution in [0, 0.1) is 4.91 Å². The van der Waals surface area contributed by atoms with Crippen LogP contribution < -0.4 is 0 Å². The van der Waals surface area contributed by atoms with E-state index in [1.807, 2.05) is 13.8 Å². The van der Waals surface area contributed by atoms with E-state index in [9.17, 15) is 4.91 Å². The van der Waals surface area contributed by atoms with Gasteiger partial charge < -0.3 is 0 Å². The molecule has 0 saturated heterocycles. The highest BCUT2D eigenvalue weighted by atomic mass is 16.3. The molecule has 0 N–H and O–H groups in total. The van der Waals surface area contributed by atoms with E-state index in [0.717, 1.165) is 0 Å². The van der Waals surface area contributed by atoms with Gasteiger partial charge in [-0.1, -0.05) is 0 Å². The first-order valence-corrected chi connectivity index (χ1v) is 3.12. The summed E-state index contributed by atoms with van der Waals surface area (Å²) in [6.07, 6.45) is 1.74. The number of aromatic nitrogens is 2. The van der Waals surface area contributed by atoms with E-state index >= 15 is 0 Å². The Morgan fingerprint density at radius 1 is 1.70 bits per heavy atom. The van der Waals surface area contributed by atoms with E-state index in [0.29, 0.717) is 0 Å². The van der Waals surface area contributed by atoms with Gasteiger partial charge in [0.05, 0.1) is 0 Å². The molecule has 10 heavy (non-hydrogen) atoms. The molecule has 0 bridgehead atoms. The Morgan fingerprint density at radius 3 is 2.70 bits per heavy atom. The smallest absolute Gasteiger partial charge is 0.217 e. The van der Waals surface area contributed by atoms with Gasteiger partial charge in [0.1, 0.15) is 0 Å². The largest absolute Gasteiger partial charge is 0.268 e. The maximum Gasteiger partial charge on any atom is 0.217 e. The van der Waals surface area contributed by atoms with E-state index in [-0.39, 0.29) is 11.9 Å². The van der Waals surface area contributed by atoms with E-state index in [4.69, 9.17) is 0 Å². The Labute approximate surface area is 58.8 Å². The lowest BCUT2D eigenvalue weighted by Gasteiger charge is -2.01. The Morgan fingerprint density at radius 2 is 2.40 bits per heavy atom. The fraction of sp³-hybridized carbons (Fsp3) is 0.500. The number of hydrogen-bond acceptors (Lipinski definition) is 3. The molecule has 0 unspecified atom stereocenters. The minimum atomic E-state index is 0.244. The molecule has 0 radical (unpaired) electrons. The van der Waals surface area contributed by atoms with E-state index < -0.39 is 0 Å². The second kappa shape index (κ2) is 2.60. The molecular weight excluding hydrogens is 130 g/mol. The Bertz CT molecular complexity index is 229. The molecule has 4 heteroatoms. The van der Waals surface area contributed by atoms with Crippen LogP contribution in [0.25, 0.3) is 0 Å². The molecule has 1 aromatic rings. The van der Waals surface area contributed by atoms with Crippen LogP contribution in [0.3, 0.4) is 0 Å². The van der Waals surface area contributed by atoms with Crippen molar-refractivity contribution in [2.24, 2.45) is 5.18 Å². The second-order valence-corrected chi connectivity index (χ2v) is 2.34. The zero-order valence-electron chi connectivity index (χ0n) is 5.98. The van der Waals surface area contributed by atoms with E-state index in [1.54, 1.807) is 16.9 Å². The highest BCUT2D eigenvalue weighted by Crippen LogP contribution is 2.09. The maximum atomic E-state index is 9.92. The molecule has 0 aliphatic carbocycles. The second-order valence-electron chi connectivity index (χ2n) is 2.34. The highest BCUT2D eigenvalue weighted by molar-refractivity contribution is 5.22. The molecule has 0 spiro atoms. The minimum absolute atomic E-state index is 0.244. The SMILES string of the molecule is CC(C)n1ccc(N=O)n1. The third-order valence-corrected chi connectivity index (χ3v) is 1.22. The van der Waals surface area contributed by atoms with Crippen LogP contribution in [-0.2, 0) is 0 Å². The number of rotatable bonds is 2. The van der Waals surface area contributed by atoms with Gasteiger partial charge in [0.15, 0.2) is 0 Å². The summed E-state index contributed by atoms with van der Waals surface area (Å²) in [5.41, 5.74) is 0. The van der Waals surface area contributed by atoms with Crippen LogP contribution in [0.1, 0.15) is 19.9 Å². The number of nitrogens with zero attached hydrogens (tertiary/aromatic N) is 3. The van der Waals surface area contributed by atoms with Crippen LogP contribution in [0.5, 0.6) is 0 Å². The molecule has 4 nitrogen and oxygen atoms in total. The zero-order valence-corrected chi connectivity index (χ0v) is 5.98. The summed E-state index contributed by atoms with van der Waals surface area (Å²) < 4.78 is 1.69. The van der Waals surface area contributed by atoms with Crippen molar-refractivity contribution in [2.45, 2.75) is 19.9 Å². The van der Waals surface area contributed by atoms with Gasteiger partial charge in [-0.15, -0.1) is 10.0 Å². The first kappa shape index (κ1) is 6.92. The fourth-order valence-electron chi connectivity index (χ4n) is 0.664.